The Morgan fingerprint density at radius 3 is 2.55 bits per heavy atom. The van der Waals surface area contributed by atoms with Gasteiger partial charge in [0, 0.05) is 30.5 Å². The first-order valence-electron chi connectivity index (χ1n) is 6.27. The predicted molar refractivity (Wildman–Crippen MR) is 79.4 cm³/mol. The molecular weight excluding hydrogens is 274 g/mol. The zero-order valence-electron chi connectivity index (χ0n) is 11.0. The number of rotatable bonds is 6. The molecule has 0 saturated carbocycles. The van der Waals surface area contributed by atoms with Crippen molar-refractivity contribution < 1.29 is 8.42 Å². The van der Waals surface area contributed by atoms with Crippen LogP contribution in [0.1, 0.15) is 11.3 Å². The fourth-order valence-electron chi connectivity index (χ4n) is 1.80. The van der Waals surface area contributed by atoms with E-state index < -0.39 is 10.0 Å². The third-order valence-electron chi connectivity index (χ3n) is 2.83. The first-order chi connectivity index (χ1) is 9.57. The second-order valence-corrected chi connectivity index (χ2v) is 6.23. The summed E-state index contributed by atoms with van der Waals surface area (Å²) in [6.07, 6.45) is 2.25. The summed E-state index contributed by atoms with van der Waals surface area (Å²) < 4.78 is 26.5. The summed E-state index contributed by atoms with van der Waals surface area (Å²) in [5.41, 5.74) is 7.70. The lowest BCUT2D eigenvalue weighted by Crippen LogP contribution is -2.27. The molecule has 2 rings (SSSR count). The topological polar surface area (TPSA) is 85.1 Å². The Morgan fingerprint density at radius 1 is 1.10 bits per heavy atom. The van der Waals surface area contributed by atoms with Gasteiger partial charge in [-0.15, -0.1) is 0 Å². The average molecular weight is 291 g/mol. The lowest BCUT2D eigenvalue weighted by molar-refractivity contribution is 0.580. The smallest absolute Gasteiger partial charge is 0.215 e. The van der Waals surface area contributed by atoms with Gasteiger partial charge in [-0.1, -0.05) is 24.3 Å². The van der Waals surface area contributed by atoms with Crippen LogP contribution >= 0.6 is 0 Å². The standard InChI is InChI=1S/C14H17N3O2S/c15-14-7-2-1-5-12(14)11-20(18,19)17-10-8-13-6-3-4-9-16-13/h1-7,9,17H,8,10-11,15H2. The molecule has 0 amide bonds. The van der Waals surface area contributed by atoms with Crippen LogP contribution in [0.25, 0.3) is 0 Å². The molecule has 20 heavy (non-hydrogen) atoms. The summed E-state index contributed by atoms with van der Waals surface area (Å²) in [6, 6.07) is 12.5. The highest BCUT2D eigenvalue weighted by atomic mass is 32.2. The lowest BCUT2D eigenvalue weighted by Gasteiger charge is -2.08. The van der Waals surface area contributed by atoms with Gasteiger partial charge in [0.2, 0.25) is 10.0 Å². The number of nitrogens with zero attached hydrogens (tertiary/aromatic N) is 1. The van der Waals surface area contributed by atoms with Crippen LogP contribution in [-0.4, -0.2) is 19.9 Å². The maximum absolute atomic E-state index is 12.0. The number of aromatic nitrogens is 1. The zero-order chi connectivity index (χ0) is 14.4. The number of hydrogen-bond acceptors (Lipinski definition) is 4. The van der Waals surface area contributed by atoms with Crippen LogP contribution < -0.4 is 10.5 Å². The minimum absolute atomic E-state index is 0.109. The first-order valence-corrected chi connectivity index (χ1v) is 7.93. The van der Waals surface area contributed by atoms with E-state index in [0.717, 1.165) is 5.69 Å². The van der Waals surface area contributed by atoms with Gasteiger partial charge in [0.15, 0.2) is 0 Å². The van der Waals surface area contributed by atoms with Crippen LogP contribution in [0.4, 0.5) is 5.69 Å². The van der Waals surface area contributed by atoms with E-state index >= 15 is 0 Å². The van der Waals surface area contributed by atoms with E-state index in [1.54, 1.807) is 30.5 Å². The van der Waals surface area contributed by atoms with Gasteiger partial charge in [-0.2, -0.15) is 0 Å². The summed E-state index contributed by atoms with van der Waals surface area (Å²) in [5.74, 6) is -0.109. The van der Waals surface area contributed by atoms with Crippen molar-refractivity contribution >= 4 is 15.7 Å². The summed E-state index contributed by atoms with van der Waals surface area (Å²) in [5, 5.41) is 0. The molecule has 0 saturated heterocycles. The van der Waals surface area contributed by atoms with Crippen LogP contribution in [0, 0.1) is 0 Å². The molecule has 0 unspecified atom stereocenters. The Hall–Kier alpha value is -1.92. The molecular formula is C14H17N3O2S. The van der Waals surface area contributed by atoms with Gasteiger partial charge in [0.05, 0.1) is 5.75 Å². The van der Waals surface area contributed by atoms with Crippen molar-refractivity contribution in [2.24, 2.45) is 0 Å². The lowest BCUT2D eigenvalue weighted by atomic mass is 10.2. The Bertz CT molecular complexity index is 657. The molecule has 2 aromatic rings. The number of nitrogens with one attached hydrogen (secondary N) is 1. The van der Waals surface area contributed by atoms with E-state index in [1.807, 2.05) is 18.2 Å². The van der Waals surface area contributed by atoms with Crippen molar-refractivity contribution in [1.82, 2.24) is 9.71 Å². The van der Waals surface area contributed by atoms with Gasteiger partial charge in [0.25, 0.3) is 0 Å². The molecule has 106 valence electrons. The van der Waals surface area contributed by atoms with Crippen LogP contribution in [0.15, 0.2) is 48.7 Å². The van der Waals surface area contributed by atoms with Gasteiger partial charge in [0.1, 0.15) is 0 Å². The SMILES string of the molecule is Nc1ccccc1CS(=O)(=O)NCCc1ccccn1. The maximum atomic E-state index is 12.0. The highest BCUT2D eigenvalue weighted by Gasteiger charge is 2.12. The summed E-state index contributed by atoms with van der Waals surface area (Å²) >= 11 is 0. The number of hydrogen-bond donors (Lipinski definition) is 2. The number of nitrogen functional groups attached to an aromatic ring is 1. The minimum atomic E-state index is -3.39. The molecule has 0 aliphatic rings. The number of benzene rings is 1. The van der Waals surface area contributed by atoms with Crippen LogP contribution in [0.2, 0.25) is 0 Å². The maximum Gasteiger partial charge on any atom is 0.215 e. The second-order valence-electron chi connectivity index (χ2n) is 4.42. The molecule has 0 fully saturated rings. The predicted octanol–water partition coefficient (Wildman–Crippen LogP) is 1.33. The largest absolute Gasteiger partial charge is 0.398 e. The monoisotopic (exact) mass is 291 g/mol. The number of para-hydroxylation sites is 1. The summed E-state index contributed by atoms with van der Waals surface area (Å²) in [6.45, 7) is 0.325. The van der Waals surface area contributed by atoms with E-state index in [0.29, 0.717) is 24.2 Å². The van der Waals surface area contributed by atoms with Gasteiger partial charge >= 0.3 is 0 Å². The number of sulfonamides is 1. The molecule has 0 bridgehead atoms. The van der Waals surface area contributed by atoms with Crippen molar-refractivity contribution in [2.75, 3.05) is 12.3 Å². The third kappa shape index (κ3) is 4.32. The molecule has 6 heteroatoms. The summed E-state index contributed by atoms with van der Waals surface area (Å²) in [7, 11) is -3.39. The van der Waals surface area contributed by atoms with Crippen molar-refractivity contribution in [3.63, 3.8) is 0 Å². The van der Waals surface area contributed by atoms with E-state index in [-0.39, 0.29) is 5.75 Å². The van der Waals surface area contributed by atoms with Crippen LogP contribution in [0.3, 0.4) is 0 Å². The first kappa shape index (κ1) is 14.5. The van der Waals surface area contributed by atoms with Crippen molar-refractivity contribution in [1.29, 1.82) is 0 Å². The van der Waals surface area contributed by atoms with Crippen molar-refractivity contribution in [2.45, 2.75) is 12.2 Å². The van der Waals surface area contributed by atoms with E-state index in [1.165, 1.54) is 0 Å². The second kappa shape index (κ2) is 6.49. The fourth-order valence-corrected chi connectivity index (χ4v) is 2.99. The Morgan fingerprint density at radius 2 is 1.85 bits per heavy atom. The molecule has 0 radical (unpaired) electrons. The Labute approximate surface area is 118 Å². The molecule has 0 aliphatic carbocycles. The van der Waals surface area contributed by atoms with E-state index in [2.05, 4.69) is 9.71 Å². The minimum Gasteiger partial charge on any atom is -0.398 e. The molecule has 5 nitrogen and oxygen atoms in total. The van der Waals surface area contributed by atoms with E-state index in [9.17, 15) is 8.42 Å². The highest BCUT2D eigenvalue weighted by molar-refractivity contribution is 7.88. The van der Waals surface area contributed by atoms with Gasteiger partial charge in [-0.3, -0.25) is 4.98 Å². The molecule has 1 aromatic heterocycles. The van der Waals surface area contributed by atoms with Gasteiger partial charge in [-0.05, 0) is 23.8 Å². The van der Waals surface area contributed by atoms with E-state index in [4.69, 9.17) is 5.73 Å². The quantitative estimate of drug-likeness (QED) is 0.786. The molecule has 0 spiro atoms. The highest BCUT2D eigenvalue weighted by Crippen LogP contribution is 2.13. The normalized spacial score (nSPS) is 11.4. The third-order valence-corrected chi connectivity index (χ3v) is 4.16. The van der Waals surface area contributed by atoms with Gasteiger partial charge in [-0.25, -0.2) is 13.1 Å². The molecule has 0 aliphatic heterocycles. The number of nitrogens with two attached hydrogens (primary N) is 1. The summed E-state index contributed by atoms with van der Waals surface area (Å²) in [4.78, 5) is 4.14. The van der Waals surface area contributed by atoms with Crippen LogP contribution in [-0.2, 0) is 22.2 Å². The Kier molecular flexibility index (Phi) is 4.70. The Balaban J connectivity index is 1.90. The van der Waals surface area contributed by atoms with Gasteiger partial charge < -0.3 is 5.73 Å². The van der Waals surface area contributed by atoms with Crippen molar-refractivity contribution in [3.05, 3.63) is 59.9 Å². The molecule has 3 N–H and O–H groups in total. The molecule has 1 heterocycles. The average Bonchev–Trinajstić information content (AvgIpc) is 2.42. The zero-order valence-corrected chi connectivity index (χ0v) is 11.8. The fraction of sp³-hybridized carbons (Fsp3) is 0.214. The van der Waals surface area contributed by atoms with Crippen molar-refractivity contribution in [3.8, 4) is 0 Å². The number of pyridine rings is 1. The molecule has 0 atom stereocenters. The number of anilines is 1. The van der Waals surface area contributed by atoms with Crippen LogP contribution in [0.5, 0.6) is 0 Å². The molecule has 1 aromatic carbocycles.